The molecular weight excluding hydrogens is 252 g/mol. The molecule has 1 rings (SSSR count). The Hall–Kier alpha value is -1.08. The lowest BCUT2D eigenvalue weighted by Gasteiger charge is -2.12. The summed E-state index contributed by atoms with van der Waals surface area (Å²) in [5.74, 6) is 0.571. The van der Waals surface area contributed by atoms with Crippen molar-refractivity contribution < 1.29 is 14.1 Å². The number of thioether (sulfide) groups is 1. The Bertz CT molecular complexity index is 392. The van der Waals surface area contributed by atoms with Crippen molar-refractivity contribution in [3.8, 4) is 0 Å². The third-order valence-electron chi connectivity index (χ3n) is 2.03. The van der Waals surface area contributed by atoms with Crippen LogP contribution in [0.5, 0.6) is 0 Å². The van der Waals surface area contributed by atoms with E-state index in [9.17, 15) is 4.79 Å². The minimum absolute atomic E-state index is 0.0204. The number of nitrogens with zero attached hydrogens (tertiary/aromatic N) is 2. The minimum Gasteiger partial charge on any atom is -0.410 e. The van der Waals surface area contributed by atoms with Crippen LogP contribution in [-0.4, -0.2) is 41.5 Å². The summed E-state index contributed by atoms with van der Waals surface area (Å²) >= 11 is 1.28. The molecule has 0 saturated carbocycles. The van der Waals surface area contributed by atoms with Gasteiger partial charge in [0, 0.05) is 6.04 Å². The zero-order valence-electron chi connectivity index (χ0n) is 11.5. The van der Waals surface area contributed by atoms with Gasteiger partial charge in [-0.15, -0.1) is 10.2 Å². The van der Waals surface area contributed by atoms with E-state index in [4.69, 9.17) is 4.42 Å². The van der Waals surface area contributed by atoms with E-state index in [2.05, 4.69) is 15.5 Å². The maximum Gasteiger partial charge on any atom is 0.277 e. The molecule has 0 aliphatic heterocycles. The number of nitrogens with one attached hydrogen (secondary N) is 2. The fraction of sp³-hybridized carbons (Fsp3) is 0.727. The van der Waals surface area contributed by atoms with Gasteiger partial charge in [-0.1, -0.05) is 11.8 Å². The number of amides is 1. The van der Waals surface area contributed by atoms with Gasteiger partial charge >= 0.3 is 0 Å². The predicted molar refractivity (Wildman–Crippen MR) is 69.4 cm³/mol. The summed E-state index contributed by atoms with van der Waals surface area (Å²) in [5, 5.41) is 10.9. The van der Waals surface area contributed by atoms with Gasteiger partial charge in [0.2, 0.25) is 5.91 Å². The molecule has 1 aromatic rings. The maximum atomic E-state index is 11.7. The van der Waals surface area contributed by atoms with Crippen LogP contribution in [0.25, 0.3) is 0 Å². The summed E-state index contributed by atoms with van der Waals surface area (Å²) in [7, 11) is 4.02. The highest BCUT2D eigenvalue weighted by Gasteiger charge is 2.19. The zero-order valence-corrected chi connectivity index (χ0v) is 12.3. The second kappa shape index (κ2) is 6.75. The van der Waals surface area contributed by atoms with Crippen LogP contribution < -0.4 is 10.2 Å². The molecule has 2 N–H and O–H groups in total. The van der Waals surface area contributed by atoms with Crippen LogP contribution in [0, 0.1) is 0 Å². The minimum atomic E-state index is -0.243. The topological polar surface area (TPSA) is 72.5 Å². The van der Waals surface area contributed by atoms with E-state index in [1.807, 2.05) is 34.9 Å². The maximum absolute atomic E-state index is 11.7. The Morgan fingerprint density at radius 2 is 2.06 bits per heavy atom. The Kier molecular flexibility index (Phi) is 5.61. The summed E-state index contributed by atoms with van der Waals surface area (Å²) in [6, 6.07) is 0.135. The molecule has 1 aromatic heterocycles. The van der Waals surface area contributed by atoms with Crippen LogP contribution in [-0.2, 0) is 11.3 Å². The van der Waals surface area contributed by atoms with Crippen molar-refractivity contribution in [2.45, 2.75) is 43.8 Å². The second-order valence-electron chi connectivity index (χ2n) is 4.77. The predicted octanol–water partition coefficient (Wildman–Crippen LogP) is -0.281. The van der Waals surface area contributed by atoms with Gasteiger partial charge in [-0.25, -0.2) is 0 Å². The van der Waals surface area contributed by atoms with Crippen LogP contribution in [0.2, 0.25) is 0 Å². The van der Waals surface area contributed by atoms with Gasteiger partial charge in [0.15, 0.2) is 6.54 Å². The normalized spacial score (nSPS) is 13.1. The molecule has 0 aliphatic carbocycles. The first kappa shape index (κ1) is 15.0. The summed E-state index contributed by atoms with van der Waals surface area (Å²) in [4.78, 5) is 12.9. The molecule has 7 heteroatoms. The third kappa shape index (κ3) is 5.05. The van der Waals surface area contributed by atoms with Crippen molar-refractivity contribution in [3.05, 3.63) is 5.89 Å². The Balaban J connectivity index is 2.51. The SMILES string of the molecule is CC(C)NC(=O)[C@H](C)Sc1nnc(C[NH+](C)C)o1. The van der Waals surface area contributed by atoms with E-state index in [-0.39, 0.29) is 17.2 Å². The van der Waals surface area contributed by atoms with E-state index in [1.54, 1.807) is 0 Å². The van der Waals surface area contributed by atoms with Gasteiger partial charge in [0.05, 0.1) is 19.3 Å². The molecule has 0 saturated heterocycles. The summed E-state index contributed by atoms with van der Waals surface area (Å²) in [5.41, 5.74) is 0. The Labute approximate surface area is 112 Å². The molecule has 1 amide bonds. The van der Waals surface area contributed by atoms with Gasteiger partial charge in [-0.05, 0) is 20.8 Å². The standard InChI is InChI=1S/C11H20N4O2S/c1-7(2)12-10(16)8(3)18-11-14-13-9(17-11)6-15(4)5/h7-8H,6H2,1-5H3,(H,12,16)/p+1/t8-/m0/s1. The van der Waals surface area contributed by atoms with Gasteiger partial charge in [-0.2, -0.15) is 0 Å². The van der Waals surface area contributed by atoms with E-state index < -0.39 is 0 Å². The van der Waals surface area contributed by atoms with Crippen molar-refractivity contribution in [3.63, 3.8) is 0 Å². The summed E-state index contributed by atoms with van der Waals surface area (Å²) in [6.07, 6.45) is 0. The van der Waals surface area contributed by atoms with E-state index >= 15 is 0 Å². The molecular formula is C11H21N4O2S+. The Morgan fingerprint density at radius 1 is 1.39 bits per heavy atom. The van der Waals surface area contributed by atoms with Crippen molar-refractivity contribution in [1.29, 1.82) is 0 Å². The van der Waals surface area contributed by atoms with Gasteiger partial charge in [0.1, 0.15) is 0 Å². The van der Waals surface area contributed by atoms with Crippen LogP contribution >= 0.6 is 11.8 Å². The highest BCUT2D eigenvalue weighted by molar-refractivity contribution is 8.00. The molecule has 6 nitrogen and oxygen atoms in total. The van der Waals surface area contributed by atoms with E-state index in [1.165, 1.54) is 16.7 Å². The number of carbonyl (C=O) groups excluding carboxylic acids is 1. The van der Waals surface area contributed by atoms with Crippen molar-refractivity contribution in [2.24, 2.45) is 0 Å². The lowest BCUT2D eigenvalue weighted by molar-refractivity contribution is -0.874. The molecule has 0 aromatic carbocycles. The number of carbonyl (C=O) groups is 1. The fourth-order valence-electron chi connectivity index (χ4n) is 1.27. The molecule has 1 heterocycles. The summed E-state index contributed by atoms with van der Waals surface area (Å²) in [6.45, 7) is 6.36. The molecule has 0 aliphatic rings. The molecule has 0 spiro atoms. The van der Waals surface area contributed by atoms with Crippen LogP contribution in [0.4, 0.5) is 0 Å². The van der Waals surface area contributed by atoms with Crippen molar-refractivity contribution in [1.82, 2.24) is 15.5 Å². The summed E-state index contributed by atoms with van der Waals surface area (Å²) < 4.78 is 5.46. The van der Waals surface area contributed by atoms with E-state index in [0.29, 0.717) is 17.7 Å². The first-order valence-electron chi connectivity index (χ1n) is 5.97. The zero-order chi connectivity index (χ0) is 13.7. The first-order chi connectivity index (χ1) is 8.38. The van der Waals surface area contributed by atoms with Crippen molar-refractivity contribution in [2.75, 3.05) is 14.1 Å². The molecule has 0 radical (unpaired) electrons. The number of aromatic nitrogens is 2. The molecule has 102 valence electrons. The molecule has 0 fully saturated rings. The molecule has 1 atom stereocenters. The molecule has 18 heavy (non-hydrogen) atoms. The van der Waals surface area contributed by atoms with Gasteiger partial charge in [0.25, 0.3) is 11.1 Å². The van der Waals surface area contributed by atoms with Gasteiger partial charge < -0.3 is 14.6 Å². The monoisotopic (exact) mass is 273 g/mol. The van der Waals surface area contributed by atoms with Gasteiger partial charge in [-0.3, -0.25) is 4.79 Å². The second-order valence-corrected chi connectivity index (χ2v) is 6.06. The lowest BCUT2D eigenvalue weighted by Crippen LogP contribution is -3.04. The number of quaternary nitrogens is 1. The average Bonchev–Trinajstić information content (AvgIpc) is 2.63. The lowest BCUT2D eigenvalue weighted by atomic mass is 10.3. The largest absolute Gasteiger partial charge is 0.410 e. The van der Waals surface area contributed by atoms with Crippen LogP contribution in [0.3, 0.4) is 0 Å². The highest BCUT2D eigenvalue weighted by Crippen LogP contribution is 2.21. The van der Waals surface area contributed by atoms with E-state index in [0.717, 1.165) is 0 Å². The highest BCUT2D eigenvalue weighted by atomic mass is 32.2. The van der Waals surface area contributed by atoms with Crippen LogP contribution in [0.1, 0.15) is 26.7 Å². The van der Waals surface area contributed by atoms with Crippen molar-refractivity contribution >= 4 is 17.7 Å². The third-order valence-corrected chi connectivity index (χ3v) is 2.97. The quantitative estimate of drug-likeness (QED) is 0.698. The van der Waals surface area contributed by atoms with Crippen LogP contribution in [0.15, 0.2) is 9.64 Å². The first-order valence-corrected chi connectivity index (χ1v) is 6.85. The number of rotatable bonds is 6. The number of hydrogen-bond donors (Lipinski definition) is 2. The number of hydrogen-bond acceptors (Lipinski definition) is 5. The smallest absolute Gasteiger partial charge is 0.277 e. The average molecular weight is 273 g/mol. The fourth-order valence-corrected chi connectivity index (χ4v) is 1.98. The Morgan fingerprint density at radius 3 is 2.61 bits per heavy atom. The molecule has 0 bridgehead atoms. The molecule has 0 unspecified atom stereocenters.